The van der Waals surface area contributed by atoms with E-state index < -0.39 is 0 Å². The van der Waals surface area contributed by atoms with Crippen molar-refractivity contribution in [3.05, 3.63) is 90.3 Å². The van der Waals surface area contributed by atoms with Gasteiger partial charge >= 0.3 is 0 Å². The number of ether oxygens (including phenoxy) is 1. The van der Waals surface area contributed by atoms with Gasteiger partial charge in [-0.25, -0.2) is 0 Å². The van der Waals surface area contributed by atoms with Crippen LogP contribution in [-0.2, 0) is 0 Å². The number of rotatable bonds is 5. The topological polar surface area (TPSA) is 46.2 Å². The lowest BCUT2D eigenvalue weighted by molar-refractivity contribution is 0.415. The first kappa shape index (κ1) is 16.9. The van der Waals surface area contributed by atoms with Gasteiger partial charge in [0, 0.05) is 24.1 Å². The molecular formula is C20H19N3OS. The third-order valence-electron chi connectivity index (χ3n) is 3.78. The van der Waals surface area contributed by atoms with Gasteiger partial charge in [0.05, 0.1) is 13.2 Å². The molecule has 3 rings (SSSR count). The molecule has 25 heavy (non-hydrogen) atoms. The van der Waals surface area contributed by atoms with Crippen molar-refractivity contribution in [2.45, 2.75) is 6.04 Å². The number of benzene rings is 2. The summed E-state index contributed by atoms with van der Waals surface area (Å²) in [6.45, 7) is 0. The van der Waals surface area contributed by atoms with E-state index in [9.17, 15) is 0 Å². The molecule has 0 saturated carbocycles. The van der Waals surface area contributed by atoms with Crippen LogP contribution in [0.25, 0.3) is 0 Å². The van der Waals surface area contributed by atoms with E-state index in [0.717, 1.165) is 22.6 Å². The second-order valence-electron chi connectivity index (χ2n) is 5.45. The zero-order chi connectivity index (χ0) is 17.5. The largest absolute Gasteiger partial charge is 0.497 e. The molecular weight excluding hydrogens is 330 g/mol. The highest BCUT2D eigenvalue weighted by molar-refractivity contribution is 7.80. The van der Waals surface area contributed by atoms with Gasteiger partial charge in [-0.15, -0.1) is 0 Å². The molecule has 2 aromatic carbocycles. The normalized spacial score (nSPS) is 11.4. The highest BCUT2D eigenvalue weighted by atomic mass is 32.1. The molecule has 0 aliphatic heterocycles. The lowest BCUT2D eigenvalue weighted by Crippen LogP contribution is -2.33. The first-order valence-corrected chi connectivity index (χ1v) is 8.33. The quantitative estimate of drug-likeness (QED) is 0.677. The Kier molecular flexibility index (Phi) is 5.59. The molecule has 126 valence electrons. The average molecular weight is 349 g/mol. The Bertz CT molecular complexity index is 785. The molecule has 2 N–H and O–H groups in total. The third kappa shape index (κ3) is 4.55. The van der Waals surface area contributed by atoms with E-state index in [2.05, 4.69) is 27.8 Å². The minimum absolute atomic E-state index is 0.0604. The highest BCUT2D eigenvalue weighted by Crippen LogP contribution is 2.22. The maximum atomic E-state index is 5.51. The SMILES string of the molecule is COc1cccc(NC(=S)N[C@@H](c2ccccc2)c2ccncc2)c1. The van der Waals surface area contributed by atoms with Crippen molar-refractivity contribution in [3.63, 3.8) is 0 Å². The van der Waals surface area contributed by atoms with E-state index in [-0.39, 0.29) is 6.04 Å². The highest BCUT2D eigenvalue weighted by Gasteiger charge is 2.15. The minimum Gasteiger partial charge on any atom is -0.497 e. The Morgan fingerprint density at radius 2 is 1.68 bits per heavy atom. The fourth-order valence-corrected chi connectivity index (χ4v) is 2.80. The van der Waals surface area contributed by atoms with Gasteiger partial charge < -0.3 is 15.4 Å². The number of nitrogens with one attached hydrogen (secondary N) is 2. The number of anilines is 1. The smallest absolute Gasteiger partial charge is 0.171 e. The molecule has 1 atom stereocenters. The summed E-state index contributed by atoms with van der Waals surface area (Å²) in [5.74, 6) is 0.779. The molecule has 0 radical (unpaired) electrons. The summed E-state index contributed by atoms with van der Waals surface area (Å²) in [4.78, 5) is 4.10. The molecule has 3 aromatic rings. The maximum absolute atomic E-state index is 5.51. The fourth-order valence-electron chi connectivity index (χ4n) is 2.56. The standard InChI is InChI=1S/C20H19N3OS/c1-24-18-9-5-8-17(14-18)22-20(25)23-19(15-6-3-2-4-7-15)16-10-12-21-13-11-16/h2-14,19H,1H3,(H2,22,23,25)/t19-/m0/s1. The number of hydrogen-bond acceptors (Lipinski definition) is 3. The van der Waals surface area contributed by atoms with Crippen LogP contribution in [-0.4, -0.2) is 17.2 Å². The van der Waals surface area contributed by atoms with Crippen molar-refractivity contribution < 1.29 is 4.74 Å². The van der Waals surface area contributed by atoms with Gasteiger partial charge in [0.2, 0.25) is 0 Å². The number of pyridine rings is 1. The summed E-state index contributed by atoms with van der Waals surface area (Å²) < 4.78 is 5.25. The Balaban J connectivity index is 1.79. The van der Waals surface area contributed by atoms with Gasteiger partial charge in [0.1, 0.15) is 5.75 Å². The minimum atomic E-state index is -0.0604. The van der Waals surface area contributed by atoms with Crippen molar-refractivity contribution in [2.75, 3.05) is 12.4 Å². The molecule has 0 aliphatic rings. The van der Waals surface area contributed by atoms with Crippen molar-refractivity contribution in [1.82, 2.24) is 10.3 Å². The zero-order valence-electron chi connectivity index (χ0n) is 13.8. The average Bonchev–Trinajstić information content (AvgIpc) is 2.67. The molecule has 4 nitrogen and oxygen atoms in total. The van der Waals surface area contributed by atoms with Crippen molar-refractivity contribution in [2.24, 2.45) is 0 Å². The molecule has 0 amide bonds. The zero-order valence-corrected chi connectivity index (χ0v) is 14.7. The molecule has 5 heteroatoms. The van der Waals surface area contributed by atoms with Crippen LogP contribution in [0.4, 0.5) is 5.69 Å². The number of aromatic nitrogens is 1. The van der Waals surface area contributed by atoms with E-state index in [4.69, 9.17) is 17.0 Å². The van der Waals surface area contributed by atoms with E-state index >= 15 is 0 Å². The third-order valence-corrected chi connectivity index (χ3v) is 4.00. The summed E-state index contributed by atoms with van der Waals surface area (Å²) in [6, 6.07) is 21.8. The summed E-state index contributed by atoms with van der Waals surface area (Å²) in [7, 11) is 1.64. The number of nitrogens with zero attached hydrogens (tertiary/aromatic N) is 1. The van der Waals surface area contributed by atoms with Gasteiger partial charge in [-0.2, -0.15) is 0 Å². The molecule has 0 bridgehead atoms. The van der Waals surface area contributed by atoms with Crippen LogP contribution in [0.3, 0.4) is 0 Å². The van der Waals surface area contributed by atoms with Crippen LogP contribution in [0.5, 0.6) is 5.75 Å². The van der Waals surface area contributed by atoms with Gasteiger partial charge in [-0.05, 0) is 47.6 Å². The van der Waals surface area contributed by atoms with Gasteiger partial charge in [0.15, 0.2) is 5.11 Å². The summed E-state index contributed by atoms with van der Waals surface area (Å²) in [5.41, 5.74) is 3.10. The summed E-state index contributed by atoms with van der Waals surface area (Å²) >= 11 is 5.51. The van der Waals surface area contributed by atoms with Crippen LogP contribution >= 0.6 is 12.2 Å². The number of thiocarbonyl (C=S) groups is 1. The molecule has 0 aliphatic carbocycles. The van der Waals surface area contributed by atoms with Gasteiger partial charge in [-0.3, -0.25) is 4.98 Å². The molecule has 0 fully saturated rings. The second-order valence-corrected chi connectivity index (χ2v) is 5.86. The lowest BCUT2D eigenvalue weighted by atomic mass is 10.00. The fraction of sp³-hybridized carbons (Fsp3) is 0.100. The van der Waals surface area contributed by atoms with Crippen LogP contribution in [0, 0.1) is 0 Å². The molecule has 1 heterocycles. The van der Waals surface area contributed by atoms with E-state index in [1.54, 1.807) is 19.5 Å². The molecule has 0 saturated heterocycles. The van der Waals surface area contributed by atoms with Crippen LogP contribution in [0.2, 0.25) is 0 Å². The van der Waals surface area contributed by atoms with Gasteiger partial charge in [-0.1, -0.05) is 36.4 Å². The Morgan fingerprint density at radius 3 is 2.40 bits per heavy atom. The molecule has 1 aromatic heterocycles. The lowest BCUT2D eigenvalue weighted by Gasteiger charge is -2.22. The molecule has 0 spiro atoms. The monoisotopic (exact) mass is 349 g/mol. The predicted molar refractivity (Wildman–Crippen MR) is 105 cm³/mol. The first-order chi connectivity index (χ1) is 12.3. The predicted octanol–water partition coefficient (Wildman–Crippen LogP) is 4.17. The maximum Gasteiger partial charge on any atom is 0.171 e. The van der Waals surface area contributed by atoms with Crippen LogP contribution < -0.4 is 15.4 Å². The van der Waals surface area contributed by atoms with Crippen molar-refractivity contribution in [3.8, 4) is 5.75 Å². The Hall–Kier alpha value is -2.92. The van der Waals surface area contributed by atoms with Gasteiger partial charge in [0.25, 0.3) is 0 Å². The van der Waals surface area contributed by atoms with Crippen molar-refractivity contribution >= 4 is 23.0 Å². The second kappa shape index (κ2) is 8.26. The van der Waals surface area contributed by atoms with E-state index in [0.29, 0.717) is 5.11 Å². The first-order valence-electron chi connectivity index (χ1n) is 7.92. The van der Waals surface area contributed by atoms with E-state index in [1.165, 1.54) is 0 Å². The van der Waals surface area contributed by atoms with Crippen LogP contribution in [0.15, 0.2) is 79.1 Å². The van der Waals surface area contributed by atoms with E-state index in [1.807, 2.05) is 54.6 Å². The number of methoxy groups -OCH3 is 1. The van der Waals surface area contributed by atoms with Crippen LogP contribution in [0.1, 0.15) is 17.2 Å². The number of hydrogen-bond donors (Lipinski definition) is 2. The summed E-state index contributed by atoms with van der Waals surface area (Å²) in [5, 5.41) is 7.14. The Labute approximate surface area is 152 Å². The summed E-state index contributed by atoms with van der Waals surface area (Å²) in [6.07, 6.45) is 3.57. The van der Waals surface area contributed by atoms with Crippen molar-refractivity contribution in [1.29, 1.82) is 0 Å². The Morgan fingerprint density at radius 1 is 0.960 bits per heavy atom. The molecule has 0 unspecified atom stereocenters.